The first-order chi connectivity index (χ1) is 18.7. The Bertz CT molecular complexity index is 1460. The van der Waals surface area contributed by atoms with Crippen molar-refractivity contribution in [3.63, 3.8) is 0 Å². The van der Waals surface area contributed by atoms with Gasteiger partial charge in [-0.2, -0.15) is 5.10 Å². The smallest absolute Gasteiger partial charge is 0.200 e. The second-order valence-electron chi connectivity index (χ2n) is 10.5. The summed E-state index contributed by atoms with van der Waals surface area (Å²) in [5.41, 5.74) is 6.95. The standard InChI is InChI=1S/C33H30BrN3O/c34-28-15-16-32-29(21-28)31-22-30(27-13-11-26(12-14-27)25-9-5-2-6-10-25)35-37(31)33(38-32)17-19-36(20-18-33)23-24-7-3-1-4-8-24/h1-16,21,31H,17-20,22-23H2/t31-/m1/s1. The molecular weight excluding hydrogens is 534 g/mol. The SMILES string of the molecule is Brc1ccc2c(c1)[C@H]1CC(c3ccc(-c4ccccc4)cc3)=NN1C1(CCN(Cc3ccccc3)CC1)O2. The molecule has 0 saturated carbocycles. The van der Waals surface area contributed by atoms with Gasteiger partial charge in [0.05, 0.1) is 11.8 Å². The van der Waals surface area contributed by atoms with Gasteiger partial charge in [-0.3, -0.25) is 4.90 Å². The van der Waals surface area contributed by atoms with Crippen molar-refractivity contribution in [2.45, 2.75) is 37.6 Å². The van der Waals surface area contributed by atoms with Crippen molar-refractivity contribution in [2.24, 2.45) is 5.10 Å². The molecule has 0 aliphatic carbocycles. The fourth-order valence-corrected chi connectivity index (χ4v) is 6.52. The van der Waals surface area contributed by atoms with Gasteiger partial charge in [0, 0.05) is 48.9 Å². The van der Waals surface area contributed by atoms with Gasteiger partial charge in [-0.05, 0) is 40.5 Å². The van der Waals surface area contributed by atoms with Crippen LogP contribution in [0.5, 0.6) is 5.75 Å². The van der Waals surface area contributed by atoms with Crippen LogP contribution in [0.1, 0.15) is 42.0 Å². The van der Waals surface area contributed by atoms with E-state index in [4.69, 9.17) is 9.84 Å². The summed E-state index contributed by atoms with van der Waals surface area (Å²) in [6.07, 6.45) is 2.73. The molecule has 0 bridgehead atoms. The number of benzene rings is 4. The quantitative estimate of drug-likeness (QED) is 0.255. The fourth-order valence-electron chi connectivity index (χ4n) is 6.15. The maximum atomic E-state index is 6.86. The molecule has 190 valence electrons. The van der Waals surface area contributed by atoms with Crippen LogP contribution in [0.3, 0.4) is 0 Å². The van der Waals surface area contributed by atoms with Crippen LogP contribution in [0.25, 0.3) is 11.1 Å². The summed E-state index contributed by atoms with van der Waals surface area (Å²) >= 11 is 3.69. The second kappa shape index (κ2) is 9.72. The van der Waals surface area contributed by atoms with Crippen LogP contribution in [0.2, 0.25) is 0 Å². The van der Waals surface area contributed by atoms with E-state index in [1.165, 1.54) is 27.8 Å². The van der Waals surface area contributed by atoms with Gasteiger partial charge in [0.1, 0.15) is 5.75 Å². The van der Waals surface area contributed by atoms with Crippen LogP contribution in [0.4, 0.5) is 0 Å². The highest BCUT2D eigenvalue weighted by Crippen LogP contribution is 2.50. The van der Waals surface area contributed by atoms with Gasteiger partial charge in [-0.25, -0.2) is 5.01 Å². The highest BCUT2D eigenvalue weighted by molar-refractivity contribution is 9.10. The molecule has 1 atom stereocenters. The third kappa shape index (κ3) is 4.34. The Balaban J connectivity index is 1.18. The lowest BCUT2D eigenvalue weighted by atomic mass is 9.90. The van der Waals surface area contributed by atoms with Gasteiger partial charge >= 0.3 is 0 Å². The summed E-state index contributed by atoms with van der Waals surface area (Å²) in [6, 6.07) is 36.8. The van der Waals surface area contributed by atoms with E-state index in [9.17, 15) is 0 Å². The molecule has 5 heteroatoms. The van der Waals surface area contributed by atoms with Gasteiger partial charge < -0.3 is 4.74 Å². The van der Waals surface area contributed by atoms with E-state index in [1.807, 2.05) is 0 Å². The zero-order valence-corrected chi connectivity index (χ0v) is 22.8. The molecule has 1 saturated heterocycles. The Hall–Kier alpha value is -3.41. The predicted octanol–water partition coefficient (Wildman–Crippen LogP) is 7.65. The Morgan fingerprint density at radius 3 is 2.18 bits per heavy atom. The number of likely N-dealkylation sites (tertiary alicyclic amines) is 1. The largest absolute Gasteiger partial charge is 0.466 e. The lowest BCUT2D eigenvalue weighted by molar-refractivity contribution is -0.150. The van der Waals surface area contributed by atoms with Crippen molar-refractivity contribution in [3.05, 3.63) is 124 Å². The van der Waals surface area contributed by atoms with E-state index < -0.39 is 5.72 Å². The molecule has 0 aromatic heterocycles. The predicted molar refractivity (Wildman–Crippen MR) is 156 cm³/mol. The normalized spacial score (nSPS) is 20.0. The molecule has 4 aromatic rings. The van der Waals surface area contributed by atoms with Crippen molar-refractivity contribution < 1.29 is 4.74 Å². The Morgan fingerprint density at radius 1 is 0.789 bits per heavy atom. The van der Waals surface area contributed by atoms with E-state index >= 15 is 0 Å². The molecule has 3 heterocycles. The van der Waals surface area contributed by atoms with E-state index in [0.29, 0.717) is 0 Å². The monoisotopic (exact) mass is 563 g/mol. The summed E-state index contributed by atoms with van der Waals surface area (Å²) in [5, 5.41) is 7.60. The average Bonchev–Trinajstić information content (AvgIpc) is 3.43. The van der Waals surface area contributed by atoms with Crippen LogP contribution in [-0.4, -0.2) is 34.4 Å². The van der Waals surface area contributed by atoms with Gasteiger partial charge in [0.25, 0.3) is 0 Å². The van der Waals surface area contributed by atoms with Crippen molar-refractivity contribution in [2.75, 3.05) is 13.1 Å². The Morgan fingerprint density at radius 2 is 1.45 bits per heavy atom. The molecule has 0 radical (unpaired) electrons. The van der Waals surface area contributed by atoms with Crippen LogP contribution in [0.15, 0.2) is 113 Å². The maximum Gasteiger partial charge on any atom is 0.200 e. The molecule has 4 aromatic carbocycles. The molecule has 3 aliphatic heterocycles. The molecule has 1 fully saturated rings. The minimum absolute atomic E-state index is 0.181. The molecule has 0 N–H and O–H groups in total. The first-order valence-corrected chi connectivity index (χ1v) is 14.2. The molecule has 38 heavy (non-hydrogen) atoms. The van der Waals surface area contributed by atoms with Gasteiger partial charge in [0.15, 0.2) is 0 Å². The fraction of sp³-hybridized carbons (Fsp3) is 0.242. The van der Waals surface area contributed by atoms with E-state index in [0.717, 1.165) is 54.8 Å². The molecule has 0 amide bonds. The topological polar surface area (TPSA) is 28.1 Å². The first-order valence-electron chi connectivity index (χ1n) is 13.4. The number of hydrazone groups is 1. The maximum absolute atomic E-state index is 6.86. The number of hydrogen-bond acceptors (Lipinski definition) is 4. The highest BCUT2D eigenvalue weighted by Gasteiger charge is 2.51. The minimum atomic E-state index is -0.412. The van der Waals surface area contributed by atoms with Crippen LogP contribution >= 0.6 is 15.9 Å². The summed E-state index contributed by atoms with van der Waals surface area (Å²) in [6.45, 7) is 2.95. The van der Waals surface area contributed by atoms with Crippen molar-refractivity contribution in [3.8, 4) is 16.9 Å². The number of halogens is 1. The Labute approximate surface area is 232 Å². The number of hydrogen-bond donors (Lipinski definition) is 0. The molecule has 1 spiro atoms. The summed E-state index contributed by atoms with van der Waals surface area (Å²) in [7, 11) is 0. The minimum Gasteiger partial charge on any atom is -0.466 e. The van der Waals surface area contributed by atoms with Crippen LogP contribution in [0, 0.1) is 0 Å². The van der Waals surface area contributed by atoms with Gasteiger partial charge in [-0.15, -0.1) is 0 Å². The van der Waals surface area contributed by atoms with Crippen molar-refractivity contribution in [1.82, 2.24) is 9.91 Å². The molecule has 4 nitrogen and oxygen atoms in total. The number of fused-ring (bicyclic) bond motifs is 4. The molecular formula is C33H30BrN3O. The molecule has 7 rings (SSSR count). The zero-order valence-electron chi connectivity index (χ0n) is 21.3. The first kappa shape index (κ1) is 23.7. The highest BCUT2D eigenvalue weighted by atomic mass is 79.9. The number of piperidine rings is 1. The third-order valence-corrected chi connectivity index (χ3v) is 8.66. The number of rotatable bonds is 4. The van der Waals surface area contributed by atoms with E-state index in [-0.39, 0.29) is 6.04 Å². The summed E-state index contributed by atoms with van der Waals surface area (Å²) < 4.78 is 7.94. The average molecular weight is 565 g/mol. The van der Waals surface area contributed by atoms with Crippen LogP contribution in [-0.2, 0) is 6.54 Å². The molecule has 0 unspecified atom stereocenters. The number of nitrogens with zero attached hydrogens (tertiary/aromatic N) is 3. The lowest BCUT2D eigenvalue weighted by Crippen LogP contribution is -2.59. The van der Waals surface area contributed by atoms with E-state index in [2.05, 4.69) is 129 Å². The zero-order chi connectivity index (χ0) is 25.5. The lowest BCUT2D eigenvalue weighted by Gasteiger charge is -2.51. The van der Waals surface area contributed by atoms with Gasteiger partial charge in [-0.1, -0.05) is 101 Å². The van der Waals surface area contributed by atoms with Crippen molar-refractivity contribution >= 4 is 21.6 Å². The van der Waals surface area contributed by atoms with E-state index in [1.54, 1.807) is 0 Å². The third-order valence-electron chi connectivity index (χ3n) is 8.17. The van der Waals surface area contributed by atoms with Crippen molar-refractivity contribution in [1.29, 1.82) is 0 Å². The van der Waals surface area contributed by atoms with Gasteiger partial charge in [0.2, 0.25) is 5.72 Å². The van der Waals surface area contributed by atoms with Crippen LogP contribution < -0.4 is 4.74 Å². The molecule has 3 aliphatic rings. The summed E-state index contributed by atoms with van der Waals surface area (Å²) in [5.74, 6) is 1.00. The Kier molecular flexibility index (Phi) is 6.06. The second-order valence-corrected chi connectivity index (χ2v) is 11.5. The summed E-state index contributed by atoms with van der Waals surface area (Å²) in [4.78, 5) is 2.54. The number of ether oxygens (including phenoxy) is 1.